The first-order chi connectivity index (χ1) is 13.2. The van der Waals surface area contributed by atoms with Gasteiger partial charge in [0.05, 0.1) is 37.0 Å². The fourth-order valence-corrected chi connectivity index (χ4v) is 3.13. The van der Waals surface area contributed by atoms with Crippen molar-refractivity contribution >= 4 is 11.6 Å². The zero-order chi connectivity index (χ0) is 19.1. The molecule has 7 nitrogen and oxygen atoms in total. The average molecular weight is 368 g/mol. The second kappa shape index (κ2) is 9.33. The molecule has 2 heterocycles. The van der Waals surface area contributed by atoms with Crippen LogP contribution in [0.2, 0.25) is 0 Å². The van der Waals surface area contributed by atoms with Gasteiger partial charge in [0.2, 0.25) is 0 Å². The van der Waals surface area contributed by atoms with E-state index in [1.807, 2.05) is 18.2 Å². The van der Waals surface area contributed by atoms with E-state index in [1.54, 1.807) is 30.2 Å². The Hall–Kier alpha value is -2.66. The highest BCUT2D eigenvalue weighted by molar-refractivity contribution is 6.05. The lowest BCUT2D eigenvalue weighted by atomic mass is 10.0. The van der Waals surface area contributed by atoms with Crippen molar-refractivity contribution in [3.8, 4) is 17.5 Å². The number of nitrogens with one attached hydrogen (secondary N) is 1. The summed E-state index contributed by atoms with van der Waals surface area (Å²) in [4.78, 5) is 18.4. The van der Waals surface area contributed by atoms with Crippen LogP contribution < -0.4 is 5.32 Å². The number of carbonyl (C=O) groups is 1. The van der Waals surface area contributed by atoms with Gasteiger partial charge in [-0.2, -0.15) is 0 Å². The second-order valence-electron chi connectivity index (χ2n) is 6.30. The van der Waals surface area contributed by atoms with Crippen molar-refractivity contribution in [1.29, 1.82) is 0 Å². The molecule has 0 aliphatic carbocycles. The van der Waals surface area contributed by atoms with Crippen LogP contribution in [0.15, 0.2) is 36.9 Å². The molecule has 1 unspecified atom stereocenters. The molecule has 1 aromatic carbocycles. The standard InChI is InChI=1S/C20H24N4O3/c1-2-4-19(26)22-20-16(5-3-6-17(20)24-10-8-21-15-24)18(25)7-9-23-11-13-27-14-12-23/h3,5-6,8,10,15,18,25H,7,9,11-14H2,1H3,(H,22,26). The molecule has 1 aliphatic rings. The van der Waals surface area contributed by atoms with Gasteiger partial charge in [-0.25, -0.2) is 4.98 Å². The number of aliphatic hydroxyl groups excluding tert-OH is 1. The number of morpholine rings is 1. The van der Waals surface area contributed by atoms with Crippen molar-refractivity contribution in [2.45, 2.75) is 19.4 Å². The summed E-state index contributed by atoms with van der Waals surface area (Å²) in [5, 5.41) is 13.7. The Bertz CT molecular complexity index is 817. The van der Waals surface area contributed by atoms with Gasteiger partial charge in [-0.1, -0.05) is 18.1 Å². The average Bonchev–Trinajstić information content (AvgIpc) is 3.22. The first kappa shape index (κ1) is 19.1. The number of amides is 1. The molecule has 2 N–H and O–H groups in total. The van der Waals surface area contributed by atoms with Crippen LogP contribution in [-0.4, -0.2) is 58.3 Å². The van der Waals surface area contributed by atoms with Crippen LogP contribution in [-0.2, 0) is 9.53 Å². The van der Waals surface area contributed by atoms with Gasteiger partial charge < -0.3 is 19.7 Å². The molecule has 0 spiro atoms. The fraction of sp³-hybridized carbons (Fsp3) is 0.400. The lowest BCUT2D eigenvalue weighted by Crippen LogP contribution is -2.37. The summed E-state index contributed by atoms with van der Waals surface area (Å²) < 4.78 is 7.16. The number of hydrogen-bond donors (Lipinski definition) is 2. The summed E-state index contributed by atoms with van der Waals surface area (Å²) in [5.41, 5.74) is 1.96. The van der Waals surface area contributed by atoms with Crippen LogP contribution in [0.3, 0.4) is 0 Å². The van der Waals surface area contributed by atoms with Gasteiger partial charge in [0, 0.05) is 37.6 Å². The van der Waals surface area contributed by atoms with E-state index in [2.05, 4.69) is 27.0 Å². The third-order valence-electron chi connectivity index (χ3n) is 4.52. The second-order valence-corrected chi connectivity index (χ2v) is 6.30. The summed E-state index contributed by atoms with van der Waals surface area (Å²) in [6.07, 6.45) is 4.97. The molecular weight excluding hydrogens is 344 g/mol. The van der Waals surface area contributed by atoms with E-state index in [0.717, 1.165) is 38.5 Å². The first-order valence-electron chi connectivity index (χ1n) is 9.02. The van der Waals surface area contributed by atoms with Crippen LogP contribution in [0.1, 0.15) is 25.0 Å². The smallest absolute Gasteiger partial charge is 0.300 e. The van der Waals surface area contributed by atoms with Crippen LogP contribution in [0, 0.1) is 11.8 Å². The largest absolute Gasteiger partial charge is 0.388 e. The lowest BCUT2D eigenvalue weighted by Gasteiger charge is -2.28. The predicted molar refractivity (Wildman–Crippen MR) is 102 cm³/mol. The maximum Gasteiger partial charge on any atom is 0.300 e. The molecule has 7 heteroatoms. The minimum atomic E-state index is -0.707. The van der Waals surface area contributed by atoms with Crippen LogP contribution in [0.4, 0.5) is 5.69 Å². The number of nitrogens with zero attached hydrogens (tertiary/aromatic N) is 3. The minimum Gasteiger partial charge on any atom is -0.388 e. The summed E-state index contributed by atoms with van der Waals surface area (Å²) in [6.45, 7) is 5.57. The van der Waals surface area contributed by atoms with E-state index in [-0.39, 0.29) is 0 Å². The highest BCUT2D eigenvalue weighted by Crippen LogP contribution is 2.31. The first-order valence-corrected chi connectivity index (χ1v) is 9.02. The van der Waals surface area contributed by atoms with E-state index in [9.17, 15) is 9.90 Å². The number of imidazole rings is 1. The van der Waals surface area contributed by atoms with Gasteiger partial charge in [0.1, 0.15) is 0 Å². The minimum absolute atomic E-state index is 0.410. The molecule has 0 saturated carbocycles. The van der Waals surface area contributed by atoms with Gasteiger partial charge in [0.15, 0.2) is 0 Å². The number of rotatable bonds is 6. The van der Waals surface area contributed by atoms with Crippen molar-refractivity contribution in [3.05, 3.63) is 42.5 Å². The van der Waals surface area contributed by atoms with Crippen molar-refractivity contribution in [2.24, 2.45) is 0 Å². The Kier molecular flexibility index (Phi) is 6.60. The molecule has 27 heavy (non-hydrogen) atoms. The fourth-order valence-electron chi connectivity index (χ4n) is 3.13. The van der Waals surface area contributed by atoms with Crippen LogP contribution in [0.5, 0.6) is 0 Å². The number of para-hydroxylation sites is 1. The maximum atomic E-state index is 12.1. The van der Waals surface area contributed by atoms with Crippen LogP contribution in [0.25, 0.3) is 5.69 Å². The Morgan fingerprint density at radius 1 is 1.41 bits per heavy atom. The van der Waals surface area contributed by atoms with Gasteiger partial charge in [-0.3, -0.25) is 9.69 Å². The number of aromatic nitrogens is 2. The molecule has 1 aliphatic heterocycles. The van der Waals surface area contributed by atoms with Gasteiger partial charge in [-0.05, 0) is 25.3 Å². The quantitative estimate of drug-likeness (QED) is 0.757. The highest BCUT2D eigenvalue weighted by Gasteiger charge is 2.19. The molecular formula is C20H24N4O3. The molecule has 2 aromatic rings. The van der Waals surface area contributed by atoms with E-state index < -0.39 is 12.0 Å². The molecule has 3 rings (SSSR count). The van der Waals surface area contributed by atoms with Gasteiger partial charge in [0.25, 0.3) is 5.91 Å². The number of carbonyl (C=O) groups excluding carboxylic acids is 1. The molecule has 1 saturated heterocycles. The lowest BCUT2D eigenvalue weighted by molar-refractivity contribution is -0.111. The van der Waals surface area contributed by atoms with Gasteiger partial charge >= 0.3 is 0 Å². The Balaban J connectivity index is 1.84. The summed E-state index contributed by atoms with van der Waals surface area (Å²) in [7, 11) is 0. The molecule has 1 aromatic heterocycles. The van der Waals surface area contributed by atoms with Crippen molar-refractivity contribution in [3.63, 3.8) is 0 Å². The van der Waals surface area contributed by atoms with Crippen molar-refractivity contribution < 1.29 is 14.6 Å². The van der Waals surface area contributed by atoms with Crippen LogP contribution >= 0.6 is 0 Å². The van der Waals surface area contributed by atoms with Crippen molar-refractivity contribution in [1.82, 2.24) is 14.5 Å². The zero-order valence-electron chi connectivity index (χ0n) is 15.4. The molecule has 142 valence electrons. The predicted octanol–water partition coefficient (Wildman–Crippen LogP) is 1.59. The summed E-state index contributed by atoms with van der Waals surface area (Å²) in [5.74, 6) is 4.67. The molecule has 1 amide bonds. The summed E-state index contributed by atoms with van der Waals surface area (Å²) >= 11 is 0. The Labute approximate surface area is 159 Å². The number of ether oxygens (including phenoxy) is 1. The number of benzene rings is 1. The third-order valence-corrected chi connectivity index (χ3v) is 4.52. The number of hydrogen-bond acceptors (Lipinski definition) is 5. The van der Waals surface area contributed by atoms with E-state index in [1.165, 1.54) is 0 Å². The molecule has 0 radical (unpaired) electrons. The van der Waals surface area contributed by atoms with Gasteiger partial charge in [-0.15, -0.1) is 0 Å². The molecule has 1 atom stereocenters. The number of aliphatic hydroxyl groups is 1. The molecule has 1 fully saturated rings. The van der Waals surface area contributed by atoms with E-state index in [0.29, 0.717) is 17.7 Å². The van der Waals surface area contributed by atoms with Crippen molar-refractivity contribution in [2.75, 3.05) is 38.2 Å². The Morgan fingerprint density at radius 2 is 2.22 bits per heavy atom. The Morgan fingerprint density at radius 3 is 2.93 bits per heavy atom. The monoisotopic (exact) mass is 368 g/mol. The topological polar surface area (TPSA) is 79.6 Å². The normalized spacial score (nSPS) is 15.6. The highest BCUT2D eigenvalue weighted by atomic mass is 16.5. The SMILES string of the molecule is CC#CC(=O)Nc1c(C(O)CCN2CCOCC2)cccc1-n1ccnc1. The molecule has 0 bridgehead atoms. The number of anilines is 1. The zero-order valence-corrected chi connectivity index (χ0v) is 15.4. The summed E-state index contributed by atoms with van der Waals surface area (Å²) in [6, 6.07) is 5.57. The van der Waals surface area contributed by atoms with E-state index in [4.69, 9.17) is 4.74 Å². The van der Waals surface area contributed by atoms with E-state index >= 15 is 0 Å². The third kappa shape index (κ3) is 4.95. The maximum absolute atomic E-state index is 12.1.